The van der Waals surface area contributed by atoms with E-state index in [1.165, 1.54) is 13.2 Å². The fourth-order valence-electron chi connectivity index (χ4n) is 3.55. The number of carbonyl (C=O) groups excluding carboxylic acids is 2. The summed E-state index contributed by atoms with van der Waals surface area (Å²) in [6.45, 7) is 0.693. The highest BCUT2D eigenvalue weighted by Crippen LogP contribution is 2.24. The van der Waals surface area contributed by atoms with Crippen LogP contribution in [0.15, 0.2) is 57.7 Å². The van der Waals surface area contributed by atoms with Crippen LogP contribution in [0.3, 0.4) is 0 Å². The third-order valence-electron chi connectivity index (χ3n) is 5.10. The number of methoxy groups -OCH3 is 1. The molecule has 0 saturated carbocycles. The van der Waals surface area contributed by atoms with Crippen LogP contribution in [0.2, 0.25) is 0 Å². The Bertz CT molecular complexity index is 1150. The molecule has 7 nitrogen and oxygen atoms in total. The number of fused-ring (bicyclic) bond motifs is 1. The van der Waals surface area contributed by atoms with Gasteiger partial charge in [0, 0.05) is 41.7 Å². The van der Waals surface area contributed by atoms with Gasteiger partial charge in [0.25, 0.3) is 0 Å². The minimum Gasteiger partial charge on any atom is -0.497 e. The van der Waals surface area contributed by atoms with Gasteiger partial charge >= 0.3 is 11.6 Å². The average Bonchev–Trinajstić information content (AvgIpc) is 3.17. The zero-order valence-corrected chi connectivity index (χ0v) is 16.6. The van der Waals surface area contributed by atoms with Crippen molar-refractivity contribution >= 4 is 28.5 Å². The van der Waals surface area contributed by atoms with Crippen LogP contribution in [0.4, 0.5) is 5.69 Å². The monoisotopic (exact) mass is 407 g/mol. The van der Waals surface area contributed by atoms with E-state index in [9.17, 15) is 14.4 Å². The van der Waals surface area contributed by atoms with Crippen LogP contribution in [0.5, 0.6) is 5.75 Å². The van der Waals surface area contributed by atoms with Gasteiger partial charge < -0.3 is 18.8 Å². The number of anilines is 1. The zero-order chi connectivity index (χ0) is 21.1. The summed E-state index contributed by atoms with van der Waals surface area (Å²) in [4.78, 5) is 37.7. The summed E-state index contributed by atoms with van der Waals surface area (Å²) in [5.41, 5.74) is 2.05. The van der Waals surface area contributed by atoms with Crippen LogP contribution in [-0.2, 0) is 27.4 Å². The zero-order valence-electron chi connectivity index (χ0n) is 16.6. The number of benzene rings is 2. The molecule has 1 amide bonds. The lowest BCUT2D eigenvalue weighted by molar-refractivity contribution is -0.144. The molecule has 1 aliphatic rings. The molecule has 3 aromatic rings. The minimum atomic E-state index is -0.520. The second kappa shape index (κ2) is 8.41. The molecule has 0 radical (unpaired) electrons. The molecule has 1 fully saturated rings. The van der Waals surface area contributed by atoms with Crippen LogP contribution in [0, 0.1) is 0 Å². The highest BCUT2D eigenvalue weighted by atomic mass is 16.5. The van der Waals surface area contributed by atoms with E-state index >= 15 is 0 Å². The van der Waals surface area contributed by atoms with Crippen LogP contribution in [0.25, 0.3) is 11.0 Å². The molecule has 4 rings (SSSR count). The normalized spacial score (nSPS) is 13.6. The Morgan fingerprint density at radius 3 is 2.60 bits per heavy atom. The second-order valence-electron chi connectivity index (χ2n) is 7.11. The van der Waals surface area contributed by atoms with Crippen molar-refractivity contribution in [3.8, 4) is 5.75 Å². The maximum absolute atomic E-state index is 12.3. The van der Waals surface area contributed by atoms with E-state index < -0.39 is 11.6 Å². The predicted molar refractivity (Wildman–Crippen MR) is 111 cm³/mol. The maximum atomic E-state index is 12.3. The van der Waals surface area contributed by atoms with Gasteiger partial charge in [0.15, 0.2) is 0 Å². The predicted octanol–water partition coefficient (Wildman–Crippen LogP) is 3.21. The number of hydrogen-bond donors (Lipinski definition) is 0. The van der Waals surface area contributed by atoms with Gasteiger partial charge in [-0.25, -0.2) is 4.79 Å². The number of rotatable bonds is 6. The Kier molecular flexibility index (Phi) is 5.52. The van der Waals surface area contributed by atoms with Gasteiger partial charge in [0.05, 0.1) is 13.5 Å². The first-order valence-corrected chi connectivity index (χ1v) is 9.69. The van der Waals surface area contributed by atoms with E-state index in [1.54, 1.807) is 23.1 Å². The standard InChI is InChI=1S/C23H21NO6/c1-28-18-8-9-19-16(12-23(27)30-20(19)13-18)14-29-22(26)11-15-4-6-17(7-5-15)24-10-2-3-21(24)25/h4-9,12-13H,2-3,10-11,14H2,1H3. The molecule has 0 bridgehead atoms. The van der Waals surface area contributed by atoms with Gasteiger partial charge in [-0.1, -0.05) is 12.1 Å². The smallest absolute Gasteiger partial charge is 0.336 e. The highest BCUT2D eigenvalue weighted by Gasteiger charge is 2.21. The first kappa shape index (κ1) is 19.7. The topological polar surface area (TPSA) is 86.0 Å². The first-order valence-electron chi connectivity index (χ1n) is 9.69. The molecule has 30 heavy (non-hydrogen) atoms. The molecule has 0 unspecified atom stereocenters. The molecule has 154 valence electrons. The minimum absolute atomic E-state index is 0.0341. The van der Waals surface area contributed by atoms with E-state index in [4.69, 9.17) is 13.9 Å². The van der Waals surface area contributed by atoms with Gasteiger partial charge in [-0.15, -0.1) is 0 Å². The lowest BCUT2D eigenvalue weighted by Crippen LogP contribution is -2.23. The van der Waals surface area contributed by atoms with Crippen molar-refractivity contribution in [1.29, 1.82) is 0 Å². The summed E-state index contributed by atoms with van der Waals surface area (Å²) < 4.78 is 15.7. The third kappa shape index (κ3) is 4.20. The number of ether oxygens (including phenoxy) is 2. The molecule has 1 aromatic heterocycles. The second-order valence-corrected chi connectivity index (χ2v) is 7.11. The highest BCUT2D eigenvalue weighted by molar-refractivity contribution is 5.95. The summed E-state index contributed by atoms with van der Waals surface area (Å²) in [6.07, 6.45) is 1.54. The van der Waals surface area contributed by atoms with Crippen molar-refractivity contribution in [3.63, 3.8) is 0 Å². The van der Waals surface area contributed by atoms with Crippen molar-refractivity contribution in [1.82, 2.24) is 0 Å². The SMILES string of the molecule is COc1ccc2c(COC(=O)Cc3ccc(N4CCCC4=O)cc3)cc(=O)oc2c1. The van der Waals surface area contributed by atoms with Crippen molar-refractivity contribution in [2.45, 2.75) is 25.9 Å². The number of nitrogens with zero attached hydrogens (tertiary/aromatic N) is 1. The number of hydrogen-bond acceptors (Lipinski definition) is 6. The number of esters is 1. The van der Waals surface area contributed by atoms with Gasteiger partial charge in [-0.05, 0) is 36.2 Å². The Balaban J connectivity index is 1.41. The summed E-state index contributed by atoms with van der Waals surface area (Å²) >= 11 is 0. The summed E-state index contributed by atoms with van der Waals surface area (Å²) in [5.74, 6) is 0.285. The molecule has 0 aliphatic carbocycles. The van der Waals surface area contributed by atoms with Gasteiger partial charge in [0.2, 0.25) is 5.91 Å². The summed E-state index contributed by atoms with van der Waals surface area (Å²) in [6, 6.07) is 13.8. The van der Waals surface area contributed by atoms with Crippen LogP contribution in [0.1, 0.15) is 24.0 Å². The number of amides is 1. The molecular formula is C23H21NO6. The summed E-state index contributed by atoms with van der Waals surface area (Å²) in [5, 5.41) is 0.683. The van der Waals surface area contributed by atoms with Crippen LogP contribution in [-0.4, -0.2) is 25.5 Å². The molecule has 2 heterocycles. The van der Waals surface area contributed by atoms with Crippen molar-refractivity contribution in [2.24, 2.45) is 0 Å². The molecule has 0 N–H and O–H groups in total. The van der Waals surface area contributed by atoms with E-state index in [2.05, 4.69) is 0 Å². The van der Waals surface area contributed by atoms with Crippen LogP contribution < -0.4 is 15.3 Å². The largest absolute Gasteiger partial charge is 0.497 e. The molecule has 0 spiro atoms. The molecule has 1 saturated heterocycles. The van der Waals surface area contributed by atoms with Gasteiger partial charge in [0.1, 0.15) is 17.9 Å². The van der Waals surface area contributed by atoms with E-state index in [-0.39, 0.29) is 18.9 Å². The Hall–Kier alpha value is -3.61. The third-order valence-corrected chi connectivity index (χ3v) is 5.10. The molecule has 1 aliphatic heterocycles. The van der Waals surface area contributed by atoms with Gasteiger partial charge in [-0.2, -0.15) is 0 Å². The Morgan fingerprint density at radius 1 is 1.10 bits per heavy atom. The molecule has 7 heteroatoms. The lowest BCUT2D eigenvalue weighted by Gasteiger charge is -2.15. The van der Waals surface area contributed by atoms with E-state index in [0.717, 1.165) is 24.2 Å². The quantitative estimate of drug-likeness (QED) is 0.461. The molecular weight excluding hydrogens is 386 g/mol. The van der Waals surface area contributed by atoms with Gasteiger partial charge in [-0.3, -0.25) is 9.59 Å². The first-order chi connectivity index (χ1) is 14.5. The Labute approximate surface area is 172 Å². The van der Waals surface area contributed by atoms with E-state index in [1.807, 2.05) is 24.3 Å². The van der Waals surface area contributed by atoms with E-state index in [0.29, 0.717) is 28.7 Å². The molecule has 2 aromatic carbocycles. The fourth-order valence-corrected chi connectivity index (χ4v) is 3.55. The van der Waals surface area contributed by atoms with Crippen molar-refractivity contribution < 1.29 is 23.5 Å². The number of carbonyl (C=O) groups is 2. The van der Waals surface area contributed by atoms with Crippen molar-refractivity contribution in [2.75, 3.05) is 18.6 Å². The summed E-state index contributed by atoms with van der Waals surface area (Å²) in [7, 11) is 1.53. The Morgan fingerprint density at radius 2 is 1.90 bits per heavy atom. The lowest BCUT2D eigenvalue weighted by atomic mass is 10.1. The van der Waals surface area contributed by atoms with Crippen LogP contribution >= 0.6 is 0 Å². The average molecular weight is 407 g/mol. The fraction of sp³-hybridized carbons (Fsp3) is 0.261. The van der Waals surface area contributed by atoms with Crippen molar-refractivity contribution in [3.05, 3.63) is 70.1 Å². The maximum Gasteiger partial charge on any atom is 0.336 e. The molecule has 0 atom stereocenters.